The Morgan fingerprint density at radius 2 is 1.58 bits per heavy atom. The number of anilines is 5. The van der Waals surface area contributed by atoms with Gasteiger partial charge in [0.25, 0.3) is 23.6 Å². The molecule has 0 aliphatic carbocycles. The highest BCUT2D eigenvalue weighted by atomic mass is 16.5. The molecule has 0 spiro atoms. The Kier molecular flexibility index (Phi) is 10.5. The van der Waals surface area contributed by atoms with Gasteiger partial charge in [-0.3, -0.25) is 38.4 Å². The molecule has 4 aromatic heterocycles. The predicted octanol–water partition coefficient (Wildman–Crippen LogP) is 5.92. The molecule has 0 radical (unpaired) electrons. The minimum Gasteiger partial charge on any atom is -0.493 e. The minimum absolute atomic E-state index is 0.0231. The summed E-state index contributed by atoms with van der Waals surface area (Å²) in [6.07, 6.45) is 9.33. The van der Waals surface area contributed by atoms with Gasteiger partial charge >= 0.3 is 0 Å². The first-order valence-electron chi connectivity index (χ1n) is 20.4. The van der Waals surface area contributed by atoms with Crippen LogP contribution in [-0.2, 0) is 32.4 Å². The second kappa shape index (κ2) is 16.5. The molecule has 9 rings (SSSR count). The zero-order valence-electron chi connectivity index (χ0n) is 35.3. The maximum Gasteiger partial charge on any atom is 0.291 e. The molecule has 0 saturated heterocycles. The molecule has 2 aliphatic heterocycles. The van der Waals surface area contributed by atoms with Crippen molar-refractivity contribution < 1.29 is 33.4 Å². The molecule has 4 amide bonds. The molecule has 0 bridgehead atoms. The van der Waals surface area contributed by atoms with Crippen LogP contribution in [-0.4, -0.2) is 78.8 Å². The van der Waals surface area contributed by atoms with Gasteiger partial charge in [-0.05, 0) is 60.5 Å². The standard InChI is InChI=1S/C46H43N11O7/c1-53-23-29(18-36(53)43(59)49-30-19-37(54(2)24-30)46(62)56-14-13-27-16-28(47)11-12-34(27)56)50-44(60)42-52-40(25-55(42)3)51-41(58)10-7-15-64-39-21-33-32(20-38(39)63-4)45(61)57-31(22-48-33)17-26-8-5-6-9-35(26)57/h5-6,8-9,11-14,16,18-25,31H,7,10,15,17,47H2,1-4H3,(H,49,59)(H,50,60)(H,51,58)/t31-/m0/s1. The molecule has 6 heterocycles. The summed E-state index contributed by atoms with van der Waals surface area (Å²) in [6, 6.07) is 21.2. The van der Waals surface area contributed by atoms with Gasteiger partial charge in [0.05, 0.1) is 47.9 Å². The number of carbonyl (C=O) groups is 5. The zero-order chi connectivity index (χ0) is 44.8. The van der Waals surface area contributed by atoms with E-state index in [1.54, 1.807) is 96.4 Å². The second-order valence-corrected chi connectivity index (χ2v) is 15.6. The largest absolute Gasteiger partial charge is 0.493 e. The quantitative estimate of drug-likeness (QED) is 0.0847. The molecular formula is C46H43N11O7. The van der Waals surface area contributed by atoms with Crippen LogP contribution in [0.2, 0.25) is 0 Å². The van der Waals surface area contributed by atoms with E-state index in [0.29, 0.717) is 63.9 Å². The smallest absolute Gasteiger partial charge is 0.291 e. The Bertz CT molecular complexity index is 3080. The number of amides is 4. The fraction of sp³-hybridized carbons (Fsp3) is 0.196. The first-order chi connectivity index (χ1) is 30.8. The number of hydrogen-bond acceptors (Lipinski definition) is 10. The van der Waals surface area contributed by atoms with Crippen molar-refractivity contribution in [3.63, 3.8) is 0 Å². The first kappa shape index (κ1) is 41.0. The molecule has 2 aliphatic rings. The number of aliphatic imine (C=N–C) groups is 1. The molecule has 1 atom stereocenters. The third-order valence-corrected chi connectivity index (χ3v) is 11.2. The Labute approximate surface area is 365 Å². The lowest BCUT2D eigenvalue weighted by atomic mass is 10.1. The average Bonchev–Trinajstić information content (AvgIpc) is 4.09. The number of hydrogen-bond donors (Lipinski definition) is 4. The van der Waals surface area contributed by atoms with E-state index >= 15 is 0 Å². The maximum absolute atomic E-state index is 13.7. The number of carbonyl (C=O) groups excluding carboxylic acids is 5. The minimum atomic E-state index is -0.564. The van der Waals surface area contributed by atoms with Crippen LogP contribution in [0.25, 0.3) is 10.9 Å². The summed E-state index contributed by atoms with van der Waals surface area (Å²) in [6.45, 7) is 0.171. The predicted molar refractivity (Wildman–Crippen MR) is 241 cm³/mol. The summed E-state index contributed by atoms with van der Waals surface area (Å²) >= 11 is 0. The van der Waals surface area contributed by atoms with E-state index in [1.165, 1.54) is 28.5 Å². The number of benzene rings is 3. The molecule has 64 heavy (non-hydrogen) atoms. The number of nitrogens with zero attached hydrogens (tertiary/aromatic N) is 7. The zero-order valence-corrected chi connectivity index (χ0v) is 35.3. The first-order valence-corrected chi connectivity index (χ1v) is 20.4. The van der Waals surface area contributed by atoms with Gasteiger partial charge < -0.3 is 44.9 Å². The number of ether oxygens (including phenoxy) is 2. The third-order valence-electron chi connectivity index (χ3n) is 11.2. The van der Waals surface area contributed by atoms with Crippen molar-refractivity contribution in [3.05, 3.63) is 126 Å². The molecule has 0 unspecified atom stereocenters. The Balaban J connectivity index is 0.773. The molecule has 0 saturated carbocycles. The normalized spacial score (nSPS) is 13.8. The van der Waals surface area contributed by atoms with Crippen LogP contribution in [0, 0.1) is 0 Å². The van der Waals surface area contributed by atoms with Crippen molar-refractivity contribution in [2.45, 2.75) is 25.3 Å². The van der Waals surface area contributed by atoms with Gasteiger partial charge in [0, 0.05) is 87.8 Å². The van der Waals surface area contributed by atoms with E-state index in [9.17, 15) is 24.0 Å². The van der Waals surface area contributed by atoms with E-state index in [4.69, 9.17) is 15.2 Å². The average molecular weight is 862 g/mol. The van der Waals surface area contributed by atoms with Crippen LogP contribution in [0.1, 0.15) is 60.4 Å². The van der Waals surface area contributed by atoms with Crippen LogP contribution in [0.4, 0.5) is 34.3 Å². The molecule has 5 N–H and O–H groups in total. The Morgan fingerprint density at radius 1 is 0.828 bits per heavy atom. The van der Waals surface area contributed by atoms with Crippen LogP contribution in [0.15, 0.2) is 103 Å². The van der Waals surface area contributed by atoms with Gasteiger partial charge in [-0.15, -0.1) is 0 Å². The number of para-hydroxylation sites is 1. The summed E-state index contributed by atoms with van der Waals surface area (Å²) in [5.41, 5.74) is 11.4. The highest BCUT2D eigenvalue weighted by Gasteiger charge is 2.36. The van der Waals surface area contributed by atoms with Crippen LogP contribution in [0.3, 0.4) is 0 Å². The van der Waals surface area contributed by atoms with Crippen molar-refractivity contribution >= 4 is 80.9 Å². The van der Waals surface area contributed by atoms with Crippen LogP contribution < -0.4 is 36.1 Å². The number of nitrogens with one attached hydrogen (secondary N) is 3. The molecular weight excluding hydrogens is 819 g/mol. The number of fused-ring (bicyclic) bond motifs is 5. The molecule has 3 aromatic carbocycles. The van der Waals surface area contributed by atoms with Gasteiger partial charge in [0.1, 0.15) is 11.4 Å². The van der Waals surface area contributed by atoms with E-state index in [2.05, 4.69) is 25.9 Å². The Hall–Kier alpha value is -8.41. The molecule has 7 aromatic rings. The third kappa shape index (κ3) is 7.72. The number of methoxy groups -OCH3 is 1. The van der Waals surface area contributed by atoms with Gasteiger partial charge in [0.15, 0.2) is 17.3 Å². The maximum atomic E-state index is 13.7. The Morgan fingerprint density at radius 3 is 2.38 bits per heavy atom. The van der Waals surface area contributed by atoms with Gasteiger partial charge in [-0.1, -0.05) is 18.2 Å². The van der Waals surface area contributed by atoms with E-state index in [0.717, 1.165) is 16.6 Å². The van der Waals surface area contributed by atoms with Crippen molar-refractivity contribution in [3.8, 4) is 11.5 Å². The van der Waals surface area contributed by atoms with Gasteiger partial charge in [-0.25, -0.2) is 4.98 Å². The van der Waals surface area contributed by atoms with E-state index < -0.39 is 11.8 Å². The lowest BCUT2D eigenvalue weighted by molar-refractivity contribution is -0.116. The molecule has 324 valence electrons. The summed E-state index contributed by atoms with van der Waals surface area (Å²) in [5, 5.41) is 9.15. The SMILES string of the molecule is COc1cc2c(cc1OCCCC(=O)Nc1cn(C)c(C(=O)Nc3cc(C(=O)Nc4cc(C(=O)n5ccc6cc(N)ccc65)n(C)c4)n(C)c3)n1)N=C[C@@H]1Cc3ccccc3N1C2=O. The van der Waals surface area contributed by atoms with Gasteiger partial charge in [0.2, 0.25) is 11.7 Å². The van der Waals surface area contributed by atoms with E-state index in [-0.39, 0.29) is 54.1 Å². The van der Waals surface area contributed by atoms with Crippen molar-refractivity contribution in [1.29, 1.82) is 0 Å². The molecule has 18 heteroatoms. The number of rotatable bonds is 12. The summed E-state index contributed by atoms with van der Waals surface area (Å²) in [5.74, 6) is -0.838. The van der Waals surface area contributed by atoms with E-state index in [1.807, 2.05) is 30.3 Å². The number of imidazole rings is 1. The summed E-state index contributed by atoms with van der Waals surface area (Å²) in [4.78, 5) is 77.5. The lowest BCUT2D eigenvalue weighted by Crippen LogP contribution is -2.37. The summed E-state index contributed by atoms with van der Waals surface area (Å²) < 4.78 is 17.8. The van der Waals surface area contributed by atoms with Crippen LogP contribution >= 0.6 is 0 Å². The molecule has 18 nitrogen and oxygen atoms in total. The van der Waals surface area contributed by atoms with Crippen LogP contribution in [0.5, 0.6) is 11.5 Å². The topological polar surface area (TPSA) is 214 Å². The number of nitrogens with two attached hydrogens (primary N) is 1. The monoisotopic (exact) mass is 861 g/mol. The number of nitrogen functional groups attached to an aromatic ring is 1. The fourth-order valence-corrected chi connectivity index (χ4v) is 8.09. The highest BCUT2D eigenvalue weighted by molar-refractivity contribution is 6.15. The molecule has 0 fully saturated rings. The number of aryl methyl sites for hydroxylation is 3. The van der Waals surface area contributed by atoms with Crippen molar-refractivity contribution in [2.75, 3.05) is 40.3 Å². The number of aromatic nitrogens is 5. The van der Waals surface area contributed by atoms with Gasteiger partial charge in [-0.2, -0.15) is 0 Å². The lowest BCUT2D eigenvalue weighted by Gasteiger charge is -2.22. The second-order valence-electron chi connectivity index (χ2n) is 15.6. The van der Waals surface area contributed by atoms with Crippen molar-refractivity contribution in [2.24, 2.45) is 26.1 Å². The fourth-order valence-electron chi connectivity index (χ4n) is 8.09. The highest BCUT2D eigenvalue weighted by Crippen LogP contribution is 2.41. The van der Waals surface area contributed by atoms with Crippen molar-refractivity contribution in [1.82, 2.24) is 23.3 Å². The summed E-state index contributed by atoms with van der Waals surface area (Å²) in [7, 11) is 6.50.